The van der Waals surface area contributed by atoms with Gasteiger partial charge in [-0.2, -0.15) is 5.10 Å². The summed E-state index contributed by atoms with van der Waals surface area (Å²) in [5.41, 5.74) is 1.99. The number of furan rings is 1. The Morgan fingerprint density at radius 3 is 2.95 bits per heavy atom. The van der Waals surface area contributed by atoms with Crippen LogP contribution in [0.25, 0.3) is 11.3 Å². The lowest BCUT2D eigenvalue weighted by Crippen LogP contribution is -2.28. The molecule has 3 rings (SSSR count). The average Bonchev–Trinajstić information content (AvgIpc) is 3.20. The minimum Gasteiger partial charge on any atom is -0.464 e. The summed E-state index contributed by atoms with van der Waals surface area (Å²) in [6, 6.07) is 3.71. The van der Waals surface area contributed by atoms with E-state index in [-0.39, 0.29) is 5.91 Å². The Kier molecular flexibility index (Phi) is 3.78. The number of hydrogen-bond acceptors (Lipinski definition) is 5. The van der Waals surface area contributed by atoms with Crippen LogP contribution in [0.2, 0.25) is 0 Å². The topological polar surface area (TPSA) is 86.1 Å². The average molecular weight is 300 g/mol. The maximum Gasteiger partial charge on any atom is 0.256 e. The van der Waals surface area contributed by atoms with Crippen LogP contribution in [0, 0.1) is 13.8 Å². The molecule has 0 atom stereocenters. The number of carbonyl (C=O) groups excluding carboxylic acids is 1. The van der Waals surface area contributed by atoms with E-state index in [4.69, 9.17) is 8.94 Å². The predicted molar refractivity (Wildman–Crippen MR) is 78.2 cm³/mol. The zero-order valence-corrected chi connectivity index (χ0v) is 12.4. The first-order valence-corrected chi connectivity index (χ1v) is 6.92. The van der Waals surface area contributed by atoms with Crippen LogP contribution in [-0.2, 0) is 6.54 Å². The van der Waals surface area contributed by atoms with Crippen LogP contribution >= 0.6 is 0 Å². The Bertz CT molecular complexity index is 751. The molecule has 0 aliphatic carbocycles. The van der Waals surface area contributed by atoms with E-state index in [2.05, 4.69) is 15.6 Å². The van der Waals surface area contributed by atoms with Crippen LogP contribution in [0.5, 0.6) is 0 Å². The van der Waals surface area contributed by atoms with Gasteiger partial charge in [0.05, 0.1) is 30.3 Å². The number of amides is 1. The lowest BCUT2D eigenvalue weighted by Gasteiger charge is -2.04. The van der Waals surface area contributed by atoms with Crippen LogP contribution in [0.4, 0.5) is 0 Å². The highest BCUT2D eigenvalue weighted by Gasteiger charge is 2.16. The number of hydrogen-bond donors (Lipinski definition) is 1. The van der Waals surface area contributed by atoms with Crippen LogP contribution < -0.4 is 5.32 Å². The zero-order chi connectivity index (χ0) is 15.5. The van der Waals surface area contributed by atoms with Gasteiger partial charge in [0, 0.05) is 12.7 Å². The fourth-order valence-electron chi connectivity index (χ4n) is 2.24. The van der Waals surface area contributed by atoms with E-state index in [1.54, 1.807) is 31.0 Å². The molecule has 0 aliphatic heterocycles. The molecule has 0 radical (unpaired) electrons. The number of nitrogens with one attached hydrogen (secondary N) is 1. The molecule has 1 N–H and O–H groups in total. The van der Waals surface area contributed by atoms with Gasteiger partial charge in [-0.15, -0.1) is 0 Å². The van der Waals surface area contributed by atoms with Gasteiger partial charge in [0.1, 0.15) is 17.1 Å². The summed E-state index contributed by atoms with van der Waals surface area (Å²) < 4.78 is 12.1. The van der Waals surface area contributed by atoms with E-state index in [1.807, 2.05) is 18.3 Å². The Labute approximate surface area is 126 Å². The van der Waals surface area contributed by atoms with Crippen LogP contribution in [-0.4, -0.2) is 27.4 Å². The quantitative estimate of drug-likeness (QED) is 0.780. The third kappa shape index (κ3) is 2.78. The summed E-state index contributed by atoms with van der Waals surface area (Å²) in [5.74, 6) is 1.11. The van der Waals surface area contributed by atoms with E-state index < -0.39 is 0 Å². The molecule has 1 amide bonds. The SMILES string of the molecule is Cc1noc(C)c1C(=O)NCCn1cc(-c2ccco2)cn1. The first kappa shape index (κ1) is 14.1. The molecule has 0 fully saturated rings. The largest absolute Gasteiger partial charge is 0.464 e. The third-order valence-electron chi connectivity index (χ3n) is 3.33. The van der Waals surface area contributed by atoms with E-state index in [1.165, 1.54) is 0 Å². The van der Waals surface area contributed by atoms with Crippen LogP contribution in [0.15, 0.2) is 39.7 Å². The minimum absolute atomic E-state index is 0.185. The minimum atomic E-state index is -0.185. The van der Waals surface area contributed by atoms with Crippen LogP contribution in [0.3, 0.4) is 0 Å². The Morgan fingerprint density at radius 2 is 2.27 bits per heavy atom. The van der Waals surface area contributed by atoms with Gasteiger partial charge in [-0.05, 0) is 26.0 Å². The first-order chi connectivity index (χ1) is 10.6. The lowest BCUT2D eigenvalue weighted by molar-refractivity contribution is 0.0950. The van der Waals surface area contributed by atoms with Crippen molar-refractivity contribution in [3.63, 3.8) is 0 Å². The first-order valence-electron chi connectivity index (χ1n) is 6.92. The summed E-state index contributed by atoms with van der Waals surface area (Å²) in [6.45, 7) is 4.49. The molecule has 3 aromatic rings. The Morgan fingerprint density at radius 1 is 1.41 bits per heavy atom. The predicted octanol–water partition coefficient (Wildman–Crippen LogP) is 2.18. The van der Waals surface area contributed by atoms with Gasteiger partial charge in [-0.25, -0.2) is 0 Å². The normalized spacial score (nSPS) is 10.8. The van der Waals surface area contributed by atoms with Crippen molar-refractivity contribution >= 4 is 5.91 Å². The summed E-state index contributed by atoms with van der Waals surface area (Å²) in [6.07, 6.45) is 5.23. The highest BCUT2D eigenvalue weighted by atomic mass is 16.5. The summed E-state index contributed by atoms with van der Waals surface area (Å²) in [7, 11) is 0. The van der Waals surface area contributed by atoms with Crippen LogP contribution in [0.1, 0.15) is 21.8 Å². The smallest absolute Gasteiger partial charge is 0.256 e. The summed E-state index contributed by atoms with van der Waals surface area (Å²) >= 11 is 0. The molecular weight excluding hydrogens is 284 g/mol. The van der Waals surface area contributed by atoms with Crippen molar-refractivity contribution < 1.29 is 13.7 Å². The Balaban J connectivity index is 1.56. The van der Waals surface area contributed by atoms with Crippen molar-refractivity contribution in [2.24, 2.45) is 0 Å². The molecule has 0 aliphatic rings. The standard InChI is InChI=1S/C15H16N4O3/c1-10-14(11(2)22-18-10)15(20)16-5-6-19-9-12(8-17-19)13-4-3-7-21-13/h3-4,7-9H,5-6H2,1-2H3,(H,16,20). The van der Waals surface area contributed by atoms with Crippen molar-refractivity contribution in [2.75, 3.05) is 6.54 Å². The maximum atomic E-state index is 12.1. The highest BCUT2D eigenvalue weighted by Crippen LogP contribution is 2.18. The number of aryl methyl sites for hydroxylation is 2. The maximum absolute atomic E-state index is 12.1. The van der Waals surface area contributed by atoms with Crippen molar-refractivity contribution in [1.29, 1.82) is 0 Å². The molecule has 3 heterocycles. The second-order valence-corrected chi connectivity index (χ2v) is 4.92. The zero-order valence-electron chi connectivity index (χ0n) is 12.4. The van der Waals surface area contributed by atoms with E-state index in [9.17, 15) is 4.79 Å². The molecule has 0 saturated carbocycles. The molecule has 7 nitrogen and oxygen atoms in total. The summed E-state index contributed by atoms with van der Waals surface area (Å²) in [4.78, 5) is 12.1. The van der Waals surface area contributed by atoms with Crippen molar-refractivity contribution in [3.05, 3.63) is 47.8 Å². The van der Waals surface area contributed by atoms with E-state index in [0.29, 0.717) is 30.1 Å². The van der Waals surface area contributed by atoms with Gasteiger partial charge in [-0.1, -0.05) is 5.16 Å². The second-order valence-electron chi connectivity index (χ2n) is 4.92. The molecule has 0 spiro atoms. The molecular formula is C15H16N4O3. The molecule has 3 aromatic heterocycles. The number of aromatic nitrogens is 3. The molecule has 0 saturated heterocycles. The fourth-order valence-corrected chi connectivity index (χ4v) is 2.24. The van der Waals surface area contributed by atoms with E-state index >= 15 is 0 Å². The number of nitrogens with zero attached hydrogens (tertiary/aromatic N) is 3. The third-order valence-corrected chi connectivity index (χ3v) is 3.33. The Hall–Kier alpha value is -2.83. The highest BCUT2D eigenvalue weighted by molar-refractivity contribution is 5.96. The molecule has 0 unspecified atom stereocenters. The van der Waals surface area contributed by atoms with Gasteiger partial charge in [0.15, 0.2) is 0 Å². The number of carbonyl (C=O) groups is 1. The van der Waals surface area contributed by atoms with Gasteiger partial charge < -0.3 is 14.3 Å². The monoisotopic (exact) mass is 300 g/mol. The molecule has 0 aromatic carbocycles. The van der Waals surface area contributed by atoms with Gasteiger partial charge in [-0.3, -0.25) is 9.48 Å². The van der Waals surface area contributed by atoms with Crippen molar-refractivity contribution in [3.8, 4) is 11.3 Å². The van der Waals surface area contributed by atoms with Crippen molar-refractivity contribution in [1.82, 2.24) is 20.3 Å². The molecule has 22 heavy (non-hydrogen) atoms. The molecule has 114 valence electrons. The molecule has 0 bridgehead atoms. The van der Waals surface area contributed by atoms with Crippen molar-refractivity contribution in [2.45, 2.75) is 20.4 Å². The van der Waals surface area contributed by atoms with Gasteiger partial charge in [0.25, 0.3) is 5.91 Å². The van der Waals surface area contributed by atoms with Gasteiger partial charge in [0.2, 0.25) is 0 Å². The fraction of sp³-hybridized carbons (Fsp3) is 0.267. The second kappa shape index (κ2) is 5.88. The number of rotatable bonds is 5. The van der Waals surface area contributed by atoms with E-state index in [0.717, 1.165) is 11.3 Å². The molecule has 7 heteroatoms. The lowest BCUT2D eigenvalue weighted by atomic mass is 10.2. The van der Waals surface area contributed by atoms with Gasteiger partial charge >= 0.3 is 0 Å². The summed E-state index contributed by atoms with van der Waals surface area (Å²) in [5, 5.41) is 10.8.